The van der Waals surface area contributed by atoms with Crippen molar-refractivity contribution in [3.8, 4) is 0 Å². The molecule has 2 rings (SSSR count). The van der Waals surface area contributed by atoms with E-state index < -0.39 is 15.7 Å². The second kappa shape index (κ2) is 8.42. The minimum Gasteiger partial charge on any atom is -0.325 e. The molecule has 0 radical (unpaired) electrons. The zero-order chi connectivity index (χ0) is 18.4. The molecule has 0 saturated carbocycles. The molecule has 0 saturated heterocycles. The molecule has 0 heterocycles. The number of carbonyl (C=O) groups is 1. The van der Waals surface area contributed by atoms with Crippen LogP contribution in [0.4, 0.5) is 10.1 Å². The molecule has 0 unspecified atom stereocenters. The Morgan fingerprint density at radius 1 is 1.20 bits per heavy atom. The minimum atomic E-state index is -3.45. The topological polar surface area (TPSA) is 66.5 Å². The maximum atomic E-state index is 13.1. The lowest BCUT2D eigenvalue weighted by Gasteiger charge is -2.16. The highest BCUT2D eigenvalue weighted by Crippen LogP contribution is 2.15. The van der Waals surface area contributed by atoms with Gasteiger partial charge in [0.05, 0.1) is 17.2 Å². The van der Waals surface area contributed by atoms with Crippen molar-refractivity contribution in [3.63, 3.8) is 0 Å². The van der Waals surface area contributed by atoms with Gasteiger partial charge in [0.25, 0.3) is 0 Å². The van der Waals surface area contributed by atoms with E-state index in [0.29, 0.717) is 10.7 Å². The fourth-order valence-electron chi connectivity index (χ4n) is 2.13. The highest BCUT2D eigenvalue weighted by atomic mass is 35.5. The summed E-state index contributed by atoms with van der Waals surface area (Å²) in [7, 11) is -1.81. The molecule has 1 amide bonds. The molecule has 2 aromatic rings. The van der Waals surface area contributed by atoms with Crippen molar-refractivity contribution in [1.29, 1.82) is 0 Å². The first-order valence-electron chi connectivity index (χ1n) is 7.48. The van der Waals surface area contributed by atoms with Crippen LogP contribution < -0.4 is 5.32 Å². The fraction of sp³-hybridized carbons (Fsp3) is 0.235. The summed E-state index contributed by atoms with van der Waals surface area (Å²) in [6, 6.07) is 11.5. The van der Waals surface area contributed by atoms with E-state index in [0.717, 1.165) is 0 Å². The number of sulfone groups is 1. The van der Waals surface area contributed by atoms with Crippen molar-refractivity contribution in [3.05, 3.63) is 59.4 Å². The minimum absolute atomic E-state index is 0.00729. The summed E-state index contributed by atoms with van der Waals surface area (Å²) in [6.07, 6.45) is 0. The molecule has 134 valence electrons. The highest BCUT2D eigenvalue weighted by Gasteiger charge is 2.16. The van der Waals surface area contributed by atoms with Crippen LogP contribution in [-0.2, 0) is 14.6 Å². The van der Waals surface area contributed by atoms with Crippen molar-refractivity contribution in [1.82, 2.24) is 4.90 Å². The maximum Gasteiger partial charge on any atom is 0.238 e. The first-order valence-corrected chi connectivity index (χ1v) is 9.51. The van der Waals surface area contributed by atoms with Gasteiger partial charge in [-0.3, -0.25) is 9.69 Å². The Morgan fingerprint density at radius 3 is 2.52 bits per heavy atom. The summed E-state index contributed by atoms with van der Waals surface area (Å²) < 4.78 is 37.6. The van der Waals surface area contributed by atoms with Crippen LogP contribution in [0.5, 0.6) is 0 Å². The Bertz CT molecular complexity index is 841. The Hall–Kier alpha value is -1.96. The van der Waals surface area contributed by atoms with E-state index in [4.69, 9.17) is 11.6 Å². The van der Waals surface area contributed by atoms with Gasteiger partial charge in [-0.25, -0.2) is 12.8 Å². The van der Waals surface area contributed by atoms with E-state index in [9.17, 15) is 17.6 Å². The molecule has 25 heavy (non-hydrogen) atoms. The number of hydrogen-bond acceptors (Lipinski definition) is 4. The number of amides is 1. The number of carbonyl (C=O) groups excluding carboxylic acids is 1. The summed E-state index contributed by atoms with van der Waals surface area (Å²) in [5.41, 5.74) is 0.354. The monoisotopic (exact) mass is 384 g/mol. The smallest absolute Gasteiger partial charge is 0.238 e. The van der Waals surface area contributed by atoms with Crippen molar-refractivity contribution in [2.45, 2.75) is 4.90 Å². The molecular formula is C17H18ClFN2O3S. The second-order valence-electron chi connectivity index (χ2n) is 5.57. The van der Waals surface area contributed by atoms with Gasteiger partial charge in [0.15, 0.2) is 9.84 Å². The van der Waals surface area contributed by atoms with Gasteiger partial charge in [-0.2, -0.15) is 0 Å². The van der Waals surface area contributed by atoms with Crippen molar-refractivity contribution >= 4 is 33.0 Å². The third-order valence-electron chi connectivity index (χ3n) is 3.44. The Morgan fingerprint density at radius 2 is 1.88 bits per heavy atom. The van der Waals surface area contributed by atoms with Crippen LogP contribution in [0, 0.1) is 5.82 Å². The number of anilines is 1. The standard InChI is InChI=1S/C17H18ClFN2O3S/c1-21(12-17(22)20-15-4-2-3-14(19)11-15)9-10-25(23,24)16-7-5-13(18)6-8-16/h2-8,11H,9-10,12H2,1H3,(H,20,22). The third-order valence-corrected chi connectivity index (χ3v) is 5.40. The van der Waals surface area contributed by atoms with E-state index in [2.05, 4.69) is 5.32 Å². The average molecular weight is 385 g/mol. The Kier molecular flexibility index (Phi) is 6.52. The molecule has 0 bridgehead atoms. The van der Waals surface area contributed by atoms with E-state index in [1.165, 1.54) is 42.5 Å². The van der Waals surface area contributed by atoms with Crippen LogP contribution in [0.25, 0.3) is 0 Å². The Labute approximate surface area is 151 Å². The zero-order valence-corrected chi connectivity index (χ0v) is 15.1. The number of likely N-dealkylation sites (N-methyl/N-ethyl adjacent to an activating group) is 1. The van der Waals surface area contributed by atoms with Crippen LogP contribution in [0.2, 0.25) is 5.02 Å². The van der Waals surface area contributed by atoms with E-state index in [-0.39, 0.29) is 29.6 Å². The molecule has 0 spiro atoms. The van der Waals surface area contributed by atoms with Gasteiger partial charge in [0.1, 0.15) is 5.82 Å². The van der Waals surface area contributed by atoms with Crippen LogP contribution in [0.15, 0.2) is 53.4 Å². The molecule has 0 aromatic heterocycles. The SMILES string of the molecule is CN(CCS(=O)(=O)c1ccc(Cl)cc1)CC(=O)Nc1cccc(F)c1. The lowest BCUT2D eigenvalue weighted by molar-refractivity contribution is -0.117. The van der Waals surface area contributed by atoms with E-state index >= 15 is 0 Å². The largest absolute Gasteiger partial charge is 0.325 e. The highest BCUT2D eigenvalue weighted by molar-refractivity contribution is 7.91. The fourth-order valence-corrected chi connectivity index (χ4v) is 3.59. The van der Waals surface area contributed by atoms with Gasteiger partial charge in [-0.05, 0) is 49.5 Å². The lowest BCUT2D eigenvalue weighted by atomic mass is 10.3. The van der Waals surface area contributed by atoms with E-state index in [1.807, 2.05) is 0 Å². The summed E-state index contributed by atoms with van der Waals surface area (Å²) in [5, 5.41) is 3.03. The summed E-state index contributed by atoms with van der Waals surface area (Å²) in [4.78, 5) is 13.7. The zero-order valence-electron chi connectivity index (χ0n) is 13.6. The van der Waals surface area contributed by atoms with Crippen molar-refractivity contribution in [2.75, 3.05) is 31.2 Å². The van der Waals surface area contributed by atoms with Crippen molar-refractivity contribution < 1.29 is 17.6 Å². The molecule has 2 aromatic carbocycles. The van der Waals surface area contributed by atoms with Crippen molar-refractivity contribution in [2.24, 2.45) is 0 Å². The first-order chi connectivity index (χ1) is 11.8. The number of hydrogen-bond donors (Lipinski definition) is 1. The number of nitrogens with zero attached hydrogens (tertiary/aromatic N) is 1. The number of halogens is 2. The summed E-state index contributed by atoms with van der Waals surface area (Å²) in [5.74, 6) is -0.921. The van der Waals surface area contributed by atoms with Gasteiger partial charge < -0.3 is 5.32 Å². The Balaban J connectivity index is 1.86. The number of benzene rings is 2. The van der Waals surface area contributed by atoms with E-state index in [1.54, 1.807) is 18.0 Å². The molecule has 8 heteroatoms. The average Bonchev–Trinajstić information content (AvgIpc) is 2.53. The van der Waals surface area contributed by atoms with Gasteiger partial charge in [0.2, 0.25) is 5.91 Å². The lowest BCUT2D eigenvalue weighted by Crippen LogP contribution is -2.33. The van der Waals surface area contributed by atoms with Gasteiger partial charge >= 0.3 is 0 Å². The van der Waals surface area contributed by atoms with Crippen LogP contribution in [-0.4, -0.2) is 45.1 Å². The van der Waals surface area contributed by atoms with Gasteiger partial charge in [-0.15, -0.1) is 0 Å². The van der Waals surface area contributed by atoms with Crippen LogP contribution >= 0.6 is 11.6 Å². The summed E-state index contributed by atoms with van der Waals surface area (Å²) >= 11 is 5.75. The van der Waals surface area contributed by atoms with Gasteiger partial charge in [0, 0.05) is 17.3 Å². The first kappa shape index (κ1) is 19.4. The van der Waals surface area contributed by atoms with Crippen LogP contribution in [0.1, 0.15) is 0 Å². The molecule has 1 N–H and O–H groups in total. The molecule has 0 aliphatic rings. The number of rotatable bonds is 7. The quantitative estimate of drug-likeness (QED) is 0.797. The predicted molar refractivity (Wildman–Crippen MR) is 96.0 cm³/mol. The number of nitrogens with one attached hydrogen (secondary N) is 1. The van der Waals surface area contributed by atoms with Gasteiger partial charge in [-0.1, -0.05) is 17.7 Å². The summed E-state index contributed by atoms with van der Waals surface area (Å²) in [6.45, 7) is 0.175. The normalized spacial score (nSPS) is 11.5. The predicted octanol–water partition coefficient (Wildman–Crippen LogP) is 2.82. The van der Waals surface area contributed by atoms with Crippen LogP contribution in [0.3, 0.4) is 0 Å². The third kappa shape index (κ3) is 6.12. The molecule has 0 atom stereocenters. The molecule has 0 fully saturated rings. The molecule has 0 aliphatic heterocycles. The molecular weight excluding hydrogens is 367 g/mol. The molecule has 5 nitrogen and oxygen atoms in total. The maximum absolute atomic E-state index is 13.1. The second-order valence-corrected chi connectivity index (χ2v) is 8.11. The molecule has 0 aliphatic carbocycles.